The molecule has 0 amide bonds. The molecule has 0 heterocycles. The van der Waals surface area contributed by atoms with Crippen LogP contribution in [0.4, 0.5) is 0 Å². The molecule has 0 saturated heterocycles. The van der Waals surface area contributed by atoms with Crippen LogP contribution < -0.4 is 5.32 Å². The van der Waals surface area contributed by atoms with E-state index in [-0.39, 0.29) is 0 Å². The lowest BCUT2D eigenvalue weighted by Gasteiger charge is -2.08. The van der Waals surface area contributed by atoms with Crippen LogP contribution in [0.2, 0.25) is 0 Å². The van der Waals surface area contributed by atoms with E-state index in [0.29, 0.717) is 18.2 Å². The van der Waals surface area contributed by atoms with Gasteiger partial charge in [0.2, 0.25) is 0 Å². The van der Waals surface area contributed by atoms with Crippen LogP contribution in [0.25, 0.3) is 0 Å². The van der Waals surface area contributed by atoms with Gasteiger partial charge in [0.25, 0.3) is 0 Å². The highest BCUT2D eigenvalue weighted by molar-refractivity contribution is 7.80. The van der Waals surface area contributed by atoms with Gasteiger partial charge in [0.15, 0.2) is 0 Å². The van der Waals surface area contributed by atoms with Crippen LogP contribution in [0, 0.1) is 11.3 Å². The second kappa shape index (κ2) is 4.39. The molecule has 0 saturated carbocycles. The van der Waals surface area contributed by atoms with Crippen LogP contribution in [-0.4, -0.2) is 17.2 Å². The Labute approximate surface area is 67.5 Å². The van der Waals surface area contributed by atoms with Crippen molar-refractivity contribution in [1.82, 2.24) is 5.32 Å². The summed E-state index contributed by atoms with van der Waals surface area (Å²) in [7, 11) is 0. The lowest BCUT2D eigenvalue weighted by atomic mass is 10.2. The maximum absolute atomic E-state index is 7.11. The van der Waals surface area contributed by atoms with Crippen molar-refractivity contribution in [2.24, 2.45) is 5.92 Å². The molecular weight excluding hydrogens is 144 g/mol. The number of thiocarbonyl (C=S) groups is 1. The predicted molar refractivity (Wildman–Crippen MR) is 48.8 cm³/mol. The number of hydrogen-bond donors (Lipinski definition) is 2. The van der Waals surface area contributed by atoms with E-state index in [9.17, 15) is 0 Å². The maximum Gasteiger partial charge on any atom is 0.0782 e. The Hall–Kier alpha value is -0.440. The highest BCUT2D eigenvalue weighted by atomic mass is 32.1. The quantitative estimate of drug-likeness (QED) is 0.483. The van der Waals surface area contributed by atoms with E-state index >= 15 is 0 Å². The monoisotopic (exact) mass is 158 g/mol. The minimum Gasteiger partial charge on any atom is -0.374 e. The zero-order valence-corrected chi connectivity index (χ0v) is 7.51. The summed E-state index contributed by atoms with van der Waals surface area (Å²) in [4.78, 5) is 0.839. The van der Waals surface area contributed by atoms with Gasteiger partial charge in [0, 0.05) is 11.6 Å². The largest absolute Gasteiger partial charge is 0.374 e. The summed E-state index contributed by atoms with van der Waals surface area (Å²) in [6, 6.07) is 0. The van der Waals surface area contributed by atoms with Gasteiger partial charge in [0.1, 0.15) is 0 Å². The zero-order chi connectivity index (χ0) is 8.15. The Morgan fingerprint density at radius 3 is 2.40 bits per heavy atom. The number of nitrogens with one attached hydrogen (secondary N) is 2. The van der Waals surface area contributed by atoms with Crippen LogP contribution in [0.5, 0.6) is 0 Å². The Morgan fingerprint density at radius 2 is 2.10 bits per heavy atom. The third-order valence-electron chi connectivity index (χ3n) is 1.05. The molecular formula is C7H14N2S. The second-order valence-electron chi connectivity index (χ2n) is 2.65. The van der Waals surface area contributed by atoms with E-state index < -0.39 is 0 Å². The van der Waals surface area contributed by atoms with Gasteiger partial charge < -0.3 is 10.7 Å². The van der Waals surface area contributed by atoms with Crippen LogP contribution in [0.1, 0.15) is 20.8 Å². The van der Waals surface area contributed by atoms with Gasteiger partial charge in [-0.1, -0.05) is 26.1 Å². The average molecular weight is 158 g/mol. The van der Waals surface area contributed by atoms with Crippen LogP contribution in [-0.2, 0) is 0 Å². The van der Waals surface area contributed by atoms with Crippen molar-refractivity contribution in [2.45, 2.75) is 20.8 Å². The summed E-state index contributed by atoms with van der Waals surface area (Å²) in [5.41, 5.74) is 0.614. The summed E-state index contributed by atoms with van der Waals surface area (Å²) < 4.78 is 0. The minimum atomic E-state index is 0.384. The molecule has 2 N–H and O–H groups in total. The van der Waals surface area contributed by atoms with Gasteiger partial charge in [-0.15, -0.1) is 0 Å². The Balaban J connectivity index is 3.50. The van der Waals surface area contributed by atoms with Crippen molar-refractivity contribution in [1.29, 1.82) is 5.41 Å². The van der Waals surface area contributed by atoms with E-state index in [2.05, 4.69) is 5.32 Å². The third kappa shape index (κ3) is 4.44. The standard InChI is InChI=1S/C7H14N2S/c1-5(2)7(10)9-4-6(3)8/h5,8H,4H2,1-3H3,(H,9,10). The van der Waals surface area contributed by atoms with Crippen LogP contribution >= 0.6 is 12.2 Å². The summed E-state index contributed by atoms with van der Waals surface area (Å²) >= 11 is 4.99. The summed E-state index contributed by atoms with van der Waals surface area (Å²) in [5.74, 6) is 0.384. The normalized spacial score (nSPS) is 9.60. The maximum atomic E-state index is 7.11. The molecule has 0 bridgehead atoms. The van der Waals surface area contributed by atoms with E-state index in [1.54, 1.807) is 6.92 Å². The lowest BCUT2D eigenvalue weighted by Crippen LogP contribution is -2.29. The zero-order valence-electron chi connectivity index (χ0n) is 6.69. The first-order valence-electron chi connectivity index (χ1n) is 3.35. The second-order valence-corrected chi connectivity index (χ2v) is 3.09. The van der Waals surface area contributed by atoms with E-state index in [0.717, 1.165) is 4.99 Å². The fourth-order valence-electron chi connectivity index (χ4n) is 0.424. The molecule has 0 aliphatic rings. The van der Waals surface area contributed by atoms with Gasteiger partial charge in [-0.3, -0.25) is 0 Å². The van der Waals surface area contributed by atoms with Crippen LogP contribution in [0.15, 0.2) is 0 Å². The molecule has 0 aliphatic heterocycles. The molecule has 0 aromatic rings. The molecule has 2 nitrogen and oxygen atoms in total. The van der Waals surface area contributed by atoms with Crippen LogP contribution in [0.3, 0.4) is 0 Å². The van der Waals surface area contributed by atoms with E-state index in [1.807, 2.05) is 13.8 Å². The van der Waals surface area contributed by atoms with E-state index in [4.69, 9.17) is 17.6 Å². The molecule has 0 fully saturated rings. The summed E-state index contributed by atoms with van der Waals surface area (Å²) in [6.45, 7) is 6.41. The average Bonchev–Trinajstić information content (AvgIpc) is 1.82. The van der Waals surface area contributed by atoms with Crippen molar-refractivity contribution in [3.8, 4) is 0 Å². The van der Waals surface area contributed by atoms with Gasteiger partial charge in [-0.05, 0) is 6.92 Å². The SMILES string of the molecule is CC(=N)CNC(=S)C(C)C. The Morgan fingerprint density at radius 1 is 1.60 bits per heavy atom. The predicted octanol–water partition coefficient (Wildman–Crippen LogP) is 1.60. The highest BCUT2D eigenvalue weighted by Gasteiger charge is 1.99. The highest BCUT2D eigenvalue weighted by Crippen LogP contribution is 1.92. The first kappa shape index (κ1) is 9.56. The number of rotatable bonds is 3. The topological polar surface area (TPSA) is 35.9 Å². The van der Waals surface area contributed by atoms with Crippen molar-refractivity contribution in [3.05, 3.63) is 0 Å². The smallest absolute Gasteiger partial charge is 0.0782 e. The molecule has 0 radical (unpaired) electrons. The minimum absolute atomic E-state index is 0.384. The Kier molecular flexibility index (Phi) is 4.19. The van der Waals surface area contributed by atoms with E-state index in [1.165, 1.54) is 0 Å². The third-order valence-corrected chi connectivity index (χ3v) is 1.67. The Bertz CT molecular complexity index is 141. The molecule has 0 aliphatic carbocycles. The molecule has 0 unspecified atom stereocenters. The molecule has 10 heavy (non-hydrogen) atoms. The van der Waals surface area contributed by atoms with Gasteiger partial charge in [-0.25, -0.2) is 0 Å². The first-order chi connectivity index (χ1) is 4.54. The van der Waals surface area contributed by atoms with Crippen molar-refractivity contribution in [3.63, 3.8) is 0 Å². The fraction of sp³-hybridized carbons (Fsp3) is 0.714. The first-order valence-corrected chi connectivity index (χ1v) is 3.76. The summed E-state index contributed by atoms with van der Waals surface area (Å²) in [5, 5.41) is 10.1. The van der Waals surface area contributed by atoms with Crippen molar-refractivity contribution < 1.29 is 0 Å². The fourth-order valence-corrected chi connectivity index (χ4v) is 0.496. The molecule has 0 rings (SSSR count). The molecule has 0 atom stereocenters. The molecule has 0 spiro atoms. The van der Waals surface area contributed by atoms with Gasteiger partial charge in [0.05, 0.1) is 11.5 Å². The van der Waals surface area contributed by atoms with Gasteiger partial charge in [-0.2, -0.15) is 0 Å². The van der Waals surface area contributed by atoms with Gasteiger partial charge >= 0.3 is 0 Å². The van der Waals surface area contributed by atoms with Crippen molar-refractivity contribution >= 4 is 22.9 Å². The van der Waals surface area contributed by atoms with Crippen molar-refractivity contribution in [2.75, 3.05) is 6.54 Å². The molecule has 0 aromatic heterocycles. The molecule has 0 aromatic carbocycles. The lowest BCUT2D eigenvalue weighted by molar-refractivity contribution is 0.847. The molecule has 58 valence electrons. The summed E-state index contributed by atoms with van der Waals surface area (Å²) in [6.07, 6.45) is 0. The molecule has 3 heteroatoms. The number of hydrogen-bond acceptors (Lipinski definition) is 2.